The lowest BCUT2D eigenvalue weighted by Crippen LogP contribution is -2.06. The van der Waals surface area contributed by atoms with E-state index in [4.69, 9.17) is 16.9 Å². The average molecular weight is 224 g/mol. The van der Waals surface area contributed by atoms with Gasteiger partial charge in [0, 0.05) is 5.02 Å². The summed E-state index contributed by atoms with van der Waals surface area (Å²) in [4.78, 5) is 11.1. The van der Waals surface area contributed by atoms with Crippen LogP contribution in [-0.2, 0) is 16.0 Å². The summed E-state index contributed by atoms with van der Waals surface area (Å²) in [6.45, 7) is 1.78. The number of methoxy groups -OCH3 is 1. The van der Waals surface area contributed by atoms with Crippen LogP contribution in [0.5, 0.6) is 0 Å². The number of halogens is 1. The monoisotopic (exact) mass is 223 g/mol. The van der Waals surface area contributed by atoms with Gasteiger partial charge in [-0.2, -0.15) is 5.26 Å². The smallest absolute Gasteiger partial charge is 0.309 e. The highest BCUT2D eigenvalue weighted by atomic mass is 35.5. The van der Waals surface area contributed by atoms with E-state index in [9.17, 15) is 4.79 Å². The lowest BCUT2D eigenvalue weighted by atomic mass is 10.0. The Morgan fingerprint density at radius 3 is 2.80 bits per heavy atom. The van der Waals surface area contributed by atoms with Gasteiger partial charge in [0.25, 0.3) is 0 Å². The van der Waals surface area contributed by atoms with E-state index in [1.165, 1.54) is 7.11 Å². The maximum atomic E-state index is 11.1. The topological polar surface area (TPSA) is 50.1 Å². The minimum absolute atomic E-state index is 0.136. The number of benzene rings is 1. The molecular weight excluding hydrogens is 214 g/mol. The van der Waals surface area contributed by atoms with Crippen molar-refractivity contribution in [3.8, 4) is 6.07 Å². The van der Waals surface area contributed by atoms with Gasteiger partial charge in [0.2, 0.25) is 0 Å². The normalized spacial score (nSPS) is 9.47. The maximum Gasteiger partial charge on any atom is 0.309 e. The molecule has 0 unspecified atom stereocenters. The van der Waals surface area contributed by atoms with Crippen molar-refractivity contribution in [1.29, 1.82) is 5.26 Å². The van der Waals surface area contributed by atoms with E-state index < -0.39 is 0 Å². The summed E-state index contributed by atoms with van der Waals surface area (Å²) in [6, 6.07) is 5.29. The van der Waals surface area contributed by atoms with Crippen molar-refractivity contribution in [2.75, 3.05) is 7.11 Å². The molecule has 4 heteroatoms. The van der Waals surface area contributed by atoms with Crippen LogP contribution in [0.4, 0.5) is 0 Å². The number of hydrogen-bond acceptors (Lipinski definition) is 3. The molecule has 15 heavy (non-hydrogen) atoms. The van der Waals surface area contributed by atoms with Crippen molar-refractivity contribution in [3.63, 3.8) is 0 Å². The fraction of sp³-hybridized carbons (Fsp3) is 0.273. The van der Waals surface area contributed by atoms with Crippen LogP contribution in [0.25, 0.3) is 0 Å². The van der Waals surface area contributed by atoms with Crippen LogP contribution in [0.15, 0.2) is 12.1 Å². The highest BCUT2D eigenvalue weighted by Crippen LogP contribution is 2.20. The number of rotatable bonds is 2. The van der Waals surface area contributed by atoms with Crippen molar-refractivity contribution in [3.05, 3.63) is 33.8 Å². The predicted molar refractivity (Wildman–Crippen MR) is 56.6 cm³/mol. The van der Waals surface area contributed by atoms with Gasteiger partial charge in [-0.05, 0) is 30.2 Å². The van der Waals surface area contributed by atoms with E-state index in [-0.39, 0.29) is 12.4 Å². The molecule has 0 bridgehead atoms. The molecule has 0 aliphatic rings. The van der Waals surface area contributed by atoms with E-state index in [2.05, 4.69) is 4.74 Å². The quantitative estimate of drug-likeness (QED) is 0.723. The largest absolute Gasteiger partial charge is 0.469 e. The molecule has 3 nitrogen and oxygen atoms in total. The van der Waals surface area contributed by atoms with Crippen LogP contribution in [0.2, 0.25) is 5.02 Å². The van der Waals surface area contributed by atoms with Gasteiger partial charge in [0.05, 0.1) is 25.2 Å². The van der Waals surface area contributed by atoms with Crippen LogP contribution >= 0.6 is 11.6 Å². The molecule has 0 fully saturated rings. The molecule has 0 spiro atoms. The molecule has 0 radical (unpaired) electrons. The third-order valence-corrected chi connectivity index (χ3v) is 2.38. The molecule has 0 atom stereocenters. The lowest BCUT2D eigenvalue weighted by molar-refractivity contribution is -0.139. The summed E-state index contributed by atoms with van der Waals surface area (Å²) in [5.41, 5.74) is 1.99. The zero-order valence-corrected chi connectivity index (χ0v) is 9.26. The Morgan fingerprint density at radius 2 is 2.27 bits per heavy atom. The van der Waals surface area contributed by atoms with Gasteiger partial charge in [-0.25, -0.2) is 0 Å². The Labute approximate surface area is 93.2 Å². The second kappa shape index (κ2) is 4.81. The number of ether oxygens (including phenoxy) is 1. The lowest BCUT2D eigenvalue weighted by Gasteiger charge is -2.06. The molecule has 0 N–H and O–H groups in total. The van der Waals surface area contributed by atoms with Crippen LogP contribution in [0.3, 0.4) is 0 Å². The first-order chi connectivity index (χ1) is 7.08. The number of esters is 1. The first kappa shape index (κ1) is 11.5. The Morgan fingerprint density at radius 1 is 1.60 bits per heavy atom. The van der Waals surface area contributed by atoms with E-state index in [1.807, 2.05) is 6.07 Å². The number of hydrogen-bond donors (Lipinski definition) is 0. The fourth-order valence-corrected chi connectivity index (χ4v) is 1.50. The SMILES string of the molecule is COC(=O)Cc1cc(Cl)cc(C#N)c1C. The highest BCUT2D eigenvalue weighted by Gasteiger charge is 2.10. The third-order valence-electron chi connectivity index (χ3n) is 2.16. The highest BCUT2D eigenvalue weighted by molar-refractivity contribution is 6.30. The molecule has 0 heterocycles. The van der Waals surface area contributed by atoms with Crippen LogP contribution < -0.4 is 0 Å². The van der Waals surface area contributed by atoms with Gasteiger partial charge < -0.3 is 4.74 Å². The molecule has 1 aromatic rings. The van der Waals surface area contributed by atoms with Gasteiger partial charge in [0.1, 0.15) is 0 Å². The summed E-state index contributed by atoms with van der Waals surface area (Å²) in [5, 5.41) is 9.29. The molecular formula is C11H10ClNO2. The predicted octanol–water partition coefficient (Wildman–Crippen LogP) is 2.24. The second-order valence-corrected chi connectivity index (χ2v) is 3.54. The fourth-order valence-electron chi connectivity index (χ4n) is 1.26. The van der Waals surface area contributed by atoms with E-state index in [0.717, 1.165) is 11.1 Å². The van der Waals surface area contributed by atoms with Crippen molar-refractivity contribution >= 4 is 17.6 Å². The molecule has 0 aliphatic heterocycles. The van der Waals surface area contributed by atoms with Gasteiger partial charge in [-0.1, -0.05) is 11.6 Å². The van der Waals surface area contributed by atoms with Crippen LogP contribution in [0.1, 0.15) is 16.7 Å². The standard InChI is InChI=1S/C11H10ClNO2/c1-7-8(5-11(14)15-2)3-10(12)4-9(7)6-13/h3-4H,5H2,1-2H3. The van der Waals surface area contributed by atoms with Gasteiger partial charge in [-0.15, -0.1) is 0 Å². The Bertz CT molecular complexity index is 435. The molecule has 0 aliphatic carbocycles. The molecule has 78 valence electrons. The summed E-state index contributed by atoms with van der Waals surface area (Å²) < 4.78 is 4.56. The molecule has 0 amide bonds. The number of carbonyl (C=O) groups excluding carboxylic acids is 1. The molecule has 1 aromatic carbocycles. The molecule has 0 saturated carbocycles. The zero-order chi connectivity index (χ0) is 11.4. The van der Waals surface area contributed by atoms with Crippen molar-refractivity contribution in [2.45, 2.75) is 13.3 Å². The Balaban J connectivity index is 3.13. The van der Waals surface area contributed by atoms with E-state index in [1.54, 1.807) is 19.1 Å². The summed E-state index contributed by atoms with van der Waals surface area (Å²) >= 11 is 5.82. The van der Waals surface area contributed by atoms with Crippen molar-refractivity contribution in [1.82, 2.24) is 0 Å². The summed E-state index contributed by atoms with van der Waals surface area (Å²) in [5.74, 6) is -0.343. The van der Waals surface area contributed by atoms with Gasteiger partial charge in [0.15, 0.2) is 0 Å². The maximum absolute atomic E-state index is 11.1. The third kappa shape index (κ3) is 2.71. The number of nitriles is 1. The zero-order valence-electron chi connectivity index (χ0n) is 8.50. The summed E-state index contributed by atoms with van der Waals surface area (Å²) in [7, 11) is 1.33. The van der Waals surface area contributed by atoms with E-state index >= 15 is 0 Å². The first-order valence-corrected chi connectivity index (χ1v) is 4.72. The van der Waals surface area contributed by atoms with Crippen LogP contribution in [-0.4, -0.2) is 13.1 Å². The minimum Gasteiger partial charge on any atom is -0.469 e. The van der Waals surface area contributed by atoms with Crippen molar-refractivity contribution < 1.29 is 9.53 Å². The summed E-state index contributed by atoms with van der Waals surface area (Å²) in [6.07, 6.45) is 0.136. The molecule has 0 aromatic heterocycles. The number of nitrogens with zero attached hydrogens (tertiary/aromatic N) is 1. The Kier molecular flexibility index (Phi) is 3.70. The van der Waals surface area contributed by atoms with E-state index in [0.29, 0.717) is 10.6 Å². The molecule has 0 saturated heterocycles. The minimum atomic E-state index is -0.343. The number of carbonyl (C=O) groups is 1. The van der Waals surface area contributed by atoms with Crippen LogP contribution in [0, 0.1) is 18.3 Å². The first-order valence-electron chi connectivity index (χ1n) is 4.34. The van der Waals surface area contributed by atoms with Gasteiger partial charge in [-0.3, -0.25) is 4.79 Å². The Hall–Kier alpha value is -1.53. The average Bonchev–Trinajstić information content (AvgIpc) is 2.22. The second-order valence-electron chi connectivity index (χ2n) is 3.10. The van der Waals surface area contributed by atoms with Gasteiger partial charge >= 0.3 is 5.97 Å². The molecule has 1 rings (SSSR count). The van der Waals surface area contributed by atoms with Crippen molar-refractivity contribution in [2.24, 2.45) is 0 Å².